The van der Waals surface area contributed by atoms with Crippen molar-refractivity contribution in [2.45, 2.75) is 38.5 Å². The smallest absolute Gasteiger partial charge is 0.0794 e. The summed E-state index contributed by atoms with van der Waals surface area (Å²) < 4.78 is 0. The molecule has 1 heterocycles. The molecule has 0 spiro atoms. The Morgan fingerprint density at radius 1 is 1.12 bits per heavy atom. The van der Waals surface area contributed by atoms with Gasteiger partial charge in [-0.15, -0.1) is 11.3 Å². The van der Waals surface area contributed by atoms with Crippen molar-refractivity contribution in [3.63, 3.8) is 0 Å². The second-order valence-electron chi connectivity index (χ2n) is 4.04. The van der Waals surface area contributed by atoms with Gasteiger partial charge in [-0.1, -0.05) is 19.3 Å². The third-order valence-electron chi connectivity index (χ3n) is 2.60. The van der Waals surface area contributed by atoms with Crippen molar-refractivity contribution in [1.82, 2.24) is 10.3 Å². The molecule has 3 N–H and O–H groups in total. The Bertz CT molecular complexity index is 236. The van der Waals surface area contributed by atoms with Crippen LogP contribution in [0.2, 0.25) is 0 Å². The van der Waals surface area contributed by atoms with E-state index >= 15 is 0 Å². The first-order valence-electron chi connectivity index (χ1n) is 6.21. The van der Waals surface area contributed by atoms with Crippen molar-refractivity contribution in [3.8, 4) is 0 Å². The maximum absolute atomic E-state index is 5.44. The van der Waals surface area contributed by atoms with Crippen LogP contribution in [-0.4, -0.2) is 24.6 Å². The molecule has 0 unspecified atom stereocenters. The van der Waals surface area contributed by atoms with Gasteiger partial charge in [0, 0.05) is 18.3 Å². The molecule has 1 aromatic rings. The molecule has 0 saturated heterocycles. The van der Waals surface area contributed by atoms with Gasteiger partial charge in [0.2, 0.25) is 0 Å². The molecule has 0 fully saturated rings. The number of rotatable bonds is 10. The second-order valence-corrected chi connectivity index (χ2v) is 4.75. The SMILES string of the molecule is NCCCCCCCNCCc1cscn1. The van der Waals surface area contributed by atoms with Gasteiger partial charge >= 0.3 is 0 Å². The summed E-state index contributed by atoms with van der Waals surface area (Å²) in [6.45, 7) is 3.02. The van der Waals surface area contributed by atoms with Crippen molar-refractivity contribution in [2.24, 2.45) is 5.73 Å². The van der Waals surface area contributed by atoms with E-state index in [4.69, 9.17) is 5.73 Å². The molecule has 0 bridgehead atoms. The summed E-state index contributed by atoms with van der Waals surface area (Å²) in [5, 5.41) is 5.57. The van der Waals surface area contributed by atoms with E-state index in [9.17, 15) is 0 Å². The predicted octanol–water partition coefficient (Wildman–Crippen LogP) is 2.18. The molecule has 0 saturated carbocycles. The number of nitrogens with two attached hydrogens (primary N) is 1. The molecule has 0 aliphatic carbocycles. The highest BCUT2D eigenvalue weighted by molar-refractivity contribution is 7.07. The van der Waals surface area contributed by atoms with Crippen LogP contribution in [0.3, 0.4) is 0 Å². The number of hydrogen-bond acceptors (Lipinski definition) is 4. The molecule has 1 aromatic heterocycles. The maximum Gasteiger partial charge on any atom is 0.0794 e. The summed E-state index contributed by atoms with van der Waals surface area (Å²) in [5.41, 5.74) is 8.54. The fourth-order valence-corrected chi connectivity index (χ4v) is 2.22. The summed E-state index contributed by atoms with van der Waals surface area (Å²) in [5.74, 6) is 0. The number of aromatic nitrogens is 1. The van der Waals surface area contributed by atoms with Crippen molar-refractivity contribution >= 4 is 11.3 Å². The minimum absolute atomic E-state index is 0.839. The van der Waals surface area contributed by atoms with Crippen molar-refractivity contribution in [3.05, 3.63) is 16.6 Å². The number of nitrogens with zero attached hydrogens (tertiary/aromatic N) is 1. The van der Waals surface area contributed by atoms with Gasteiger partial charge in [-0.25, -0.2) is 4.98 Å². The molecular formula is C12H23N3S. The lowest BCUT2D eigenvalue weighted by molar-refractivity contribution is 0.577. The fourth-order valence-electron chi connectivity index (χ4n) is 1.63. The van der Waals surface area contributed by atoms with Gasteiger partial charge in [0.05, 0.1) is 11.2 Å². The molecule has 16 heavy (non-hydrogen) atoms. The van der Waals surface area contributed by atoms with E-state index in [0.29, 0.717) is 0 Å². The third kappa shape index (κ3) is 6.93. The topological polar surface area (TPSA) is 50.9 Å². The molecule has 0 atom stereocenters. The number of unbranched alkanes of at least 4 members (excludes halogenated alkanes) is 4. The van der Waals surface area contributed by atoms with Gasteiger partial charge < -0.3 is 11.1 Å². The van der Waals surface area contributed by atoms with Crippen LogP contribution in [0.5, 0.6) is 0 Å². The monoisotopic (exact) mass is 241 g/mol. The highest BCUT2D eigenvalue weighted by atomic mass is 32.1. The Kier molecular flexibility index (Phi) is 8.30. The zero-order valence-corrected chi connectivity index (χ0v) is 10.8. The summed E-state index contributed by atoms with van der Waals surface area (Å²) in [7, 11) is 0. The Morgan fingerprint density at radius 2 is 1.94 bits per heavy atom. The fraction of sp³-hybridized carbons (Fsp3) is 0.750. The molecule has 4 heteroatoms. The Balaban J connectivity index is 1.78. The van der Waals surface area contributed by atoms with Crippen LogP contribution in [0.15, 0.2) is 10.9 Å². The van der Waals surface area contributed by atoms with Crippen LogP contribution in [0.25, 0.3) is 0 Å². The van der Waals surface area contributed by atoms with Gasteiger partial charge in [0.15, 0.2) is 0 Å². The highest BCUT2D eigenvalue weighted by Crippen LogP contribution is 2.02. The van der Waals surface area contributed by atoms with Gasteiger partial charge in [-0.2, -0.15) is 0 Å². The second kappa shape index (κ2) is 9.75. The van der Waals surface area contributed by atoms with E-state index in [1.807, 2.05) is 5.51 Å². The lowest BCUT2D eigenvalue weighted by atomic mass is 10.1. The molecule has 0 amide bonds. The molecule has 0 aromatic carbocycles. The first-order chi connectivity index (χ1) is 7.93. The lowest BCUT2D eigenvalue weighted by Gasteiger charge is -2.03. The maximum atomic E-state index is 5.44. The number of hydrogen-bond donors (Lipinski definition) is 2. The Morgan fingerprint density at radius 3 is 2.69 bits per heavy atom. The molecule has 0 aliphatic rings. The average molecular weight is 241 g/mol. The van der Waals surface area contributed by atoms with Gasteiger partial charge in [-0.3, -0.25) is 0 Å². The molecular weight excluding hydrogens is 218 g/mol. The van der Waals surface area contributed by atoms with E-state index in [0.717, 1.165) is 26.1 Å². The molecule has 3 nitrogen and oxygen atoms in total. The van der Waals surface area contributed by atoms with E-state index < -0.39 is 0 Å². The molecule has 92 valence electrons. The first kappa shape index (κ1) is 13.6. The summed E-state index contributed by atoms with van der Waals surface area (Å²) in [6.07, 6.45) is 7.44. The standard InChI is InChI=1S/C12H23N3S/c13-7-4-2-1-3-5-8-14-9-6-12-10-16-11-15-12/h10-11,14H,1-9,13H2. The van der Waals surface area contributed by atoms with E-state index in [1.54, 1.807) is 11.3 Å². The van der Waals surface area contributed by atoms with Gasteiger partial charge in [0.1, 0.15) is 0 Å². The minimum atomic E-state index is 0.839. The van der Waals surface area contributed by atoms with E-state index in [-0.39, 0.29) is 0 Å². The van der Waals surface area contributed by atoms with Crippen molar-refractivity contribution in [2.75, 3.05) is 19.6 Å². The van der Waals surface area contributed by atoms with Crippen LogP contribution in [0.4, 0.5) is 0 Å². The summed E-state index contributed by atoms with van der Waals surface area (Å²) in [4.78, 5) is 4.25. The van der Waals surface area contributed by atoms with E-state index in [1.165, 1.54) is 37.8 Å². The summed E-state index contributed by atoms with van der Waals surface area (Å²) >= 11 is 1.67. The van der Waals surface area contributed by atoms with Crippen molar-refractivity contribution < 1.29 is 0 Å². The van der Waals surface area contributed by atoms with Crippen LogP contribution < -0.4 is 11.1 Å². The first-order valence-corrected chi connectivity index (χ1v) is 7.15. The van der Waals surface area contributed by atoms with Crippen LogP contribution in [-0.2, 0) is 6.42 Å². The normalized spacial score (nSPS) is 10.8. The lowest BCUT2D eigenvalue weighted by Crippen LogP contribution is -2.18. The van der Waals surface area contributed by atoms with Crippen LogP contribution in [0, 0.1) is 0 Å². The molecule has 0 aliphatic heterocycles. The number of thiazole rings is 1. The Hall–Kier alpha value is -0.450. The summed E-state index contributed by atoms with van der Waals surface area (Å²) in [6, 6.07) is 0. The van der Waals surface area contributed by atoms with Gasteiger partial charge in [0.25, 0.3) is 0 Å². The third-order valence-corrected chi connectivity index (χ3v) is 3.23. The zero-order valence-electron chi connectivity index (χ0n) is 9.95. The van der Waals surface area contributed by atoms with E-state index in [2.05, 4.69) is 15.7 Å². The largest absolute Gasteiger partial charge is 0.330 e. The minimum Gasteiger partial charge on any atom is -0.330 e. The average Bonchev–Trinajstić information content (AvgIpc) is 2.80. The quantitative estimate of drug-likeness (QED) is 0.617. The molecule has 0 radical (unpaired) electrons. The number of nitrogens with one attached hydrogen (secondary N) is 1. The van der Waals surface area contributed by atoms with Crippen molar-refractivity contribution in [1.29, 1.82) is 0 Å². The zero-order chi connectivity index (χ0) is 11.5. The van der Waals surface area contributed by atoms with Crippen LogP contribution in [0.1, 0.15) is 37.8 Å². The highest BCUT2D eigenvalue weighted by Gasteiger charge is 1.94. The predicted molar refractivity (Wildman–Crippen MR) is 70.8 cm³/mol. The van der Waals surface area contributed by atoms with Gasteiger partial charge in [-0.05, 0) is 25.9 Å². The molecule has 1 rings (SSSR count). The Labute approximate surface area is 102 Å². The van der Waals surface area contributed by atoms with Crippen LogP contribution >= 0.6 is 11.3 Å².